The number of benzene rings is 1. The average Bonchev–Trinajstić information content (AvgIpc) is 2.75. The minimum atomic E-state index is -0.322. The number of hydrogen-bond acceptors (Lipinski definition) is 7. The predicted molar refractivity (Wildman–Crippen MR) is 117 cm³/mol. The normalized spacial score (nSPS) is 14.6. The fraction of sp³-hybridized carbons (Fsp3) is 0.381. The number of likely N-dealkylation sites (N-methyl/N-ethyl adjacent to an activating group) is 1. The second-order valence-corrected chi connectivity index (χ2v) is 7.48. The third-order valence-electron chi connectivity index (χ3n) is 4.25. The van der Waals surface area contributed by atoms with E-state index in [0.29, 0.717) is 12.9 Å². The largest absolute Gasteiger partial charge is 0.478 e. The number of nitrogens with one attached hydrogen (secondary N) is 1. The maximum Gasteiger partial charge on any atom is 0.243 e. The SMILES string of the molecule is C=CC(=O)NCC=O.CCOc1nccc2c(SN3CCN(C)CC3)cccc12. The van der Waals surface area contributed by atoms with Gasteiger partial charge in [-0.3, -0.25) is 4.79 Å². The molecule has 0 aliphatic carbocycles. The van der Waals surface area contributed by atoms with Crippen LogP contribution in [0.3, 0.4) is 0 Å². The van der Waals surface area contributed by atoms with Gasteiger partial charge in [0.05, 0.1) is 13.2 Å². The number of pyridine rings is 1. The number of aldehydes is 1. The summed E-state index contributed by atoms with van der Waals surface area (Å²) in [5, 5.41) is 4.57. The van der Waals surface area contributed by atoms with E-state index in [1.807, 2.05) is 25.1 Å². The molecule has 1 N–H and O–H groups in total. The van der Waals surface area contributed by atoms with E-state index in [-0.39, 0.29) is 12.5 Å². The Morgan fingerprint density at radius 1 is 1.28 bits per heavy atom. The molecule has 1 aliphatic rings. The van der Waals surface area contributed by atoms with E-state index in [1.54, 1.807) is 0 Å². The quantitative estimate of drug-likeness (QED) is 0.422. The van der Waals surface area contributed by atoms with E-state index >= 15 is 0 Å². The Morgan fingerprint density at radius 3 is 2.69 bits per heavy atom. The van der Waals surface area contributed by atoms with Gasteiger partial charge in [0.2, 0.25) is 11.8 Å². The minimum Gasteiger partial charge on any atom is -0.478 e. The van der Waals surface area contributed by atoms with E-state index in [0.717, 1.165) is 43.5 Å². The Labute approximate surface area is 176 Å². The summed E-state index contributed by atoms with van der Waals surface area (Å²) in [6, 6.07) is 8.43. The lowest BCUT2D eigenvalue weighted by atomic mass is 10.2. The lowest BCUT2D eigenvalue weighted by Crippen LogP contribution is -2.40. The maximum atomic E-state index is 10.2. The van der Waals surface area contributed by atoms with Crippen molar-refractivity contribution in [3.63, 3.8) is 0 Å². The molecule has 7 nitrogen and oxygen atoms in total. The Hall–Kier alpha value is -2.42. The van der Waals surface area contributed by atoms with Crippen molar-refractivity contribution in [1.29, 1.82) is 0 Å². The number of fused-ring (bicyclic) bond motifs is 1. The van der Waals surface area contributed by atoms with Crippen molar-refractivity contribution in [1.82, 2.24) is 19.5 Å². The molecule has 0 saturated carbocycles. The number of ether oxygens (including phenoxy) is 1. The Bertz CT molecular complexity index is 823. The second kappa shape index (κ2) is 12.2. The molecular formula is C21H28N4O3S. The standard InChI is InChI=1S/C16H21N3OS.C5H7NO2/c1-3-20-16-14-5-4-6-15(13(14)7-8-17-16)21-19-11-9-18(2)10-12-19;1-2-5(8)6-3-4-7/h4-8H,3,9-12H2,1-2H3;2,4H,1,3H2,(H,6,8). The molecule has 1 amide bonds. The van der Waals surface area contributed by atoms with Crippen molar-refractivity contribution in [2.75, 3.05) is 46.4 Å². The Morgan fingerprint density at radius 2 is 2.03 bits per heavy atom. The smallest absolute Gasteiger partial charge is 0.243 e. The third kappa shape index (κ3) is 7.16. The van der Waals surface area contributed by atoms with Crippen LogP contribution in [-0.2, 0) is 9.59 Å². The molecule has 0 radical (unpaired) electrons. The maximum absolute atomic E-state index is 10.2. The highest BCUT2D eigenvalue weighted by Gasteiger charge is 2.16. The number of hydrogen-bond donors (Lipinski definition) is 1. The van der Waals surface area contributed by atoms with Crippen LogP contribution in [0.2, 0.25) is 0 Å². The monoisotopic (exact) mass is 416 g/mol. The van der Waals surface area contributed by atoms with Gasteiger partial charge in [0.1, 0.15) is 6.29 Å². The van der Waals surface area contributed by atoms with Crippen molar-refractivity contribution in [2.24, 2.45) is 0 Å². The van der Waals surface area contributed by atoms with Crippen LogP contribution in [0, 0.1) is 0 Å². The Balaban J connectivity index is 0.000000321. The first-order valence-electron chi connectivity index (χ1n) is 9.55. The van der Waals surface area contributed by atoms with Gasteiger partial charge in [-0.2, -0.15) is 0 Å². The molecule has 1 aliphatic heterocycles. The molecule has 2 aromatic rings. The highest BCUT2D eigenvalue weighted by Crippen LogP contribution is 2.33. The summed E-state index contributed by atoms with van der Waals surface area (Å²) in [6.45, 7) is 10.3. The Kier molecular flexibility index (Phi) is 9.63. The molecule has 0 spiro atoms. The van der Waals surface area contributed by atoms with Crippen LogP contribution < -0.4 is 10.1 Å². The van der Waals surface area contributed by atoms with Gasteiger partial charge in [0.25, 0.3) is 0 Å². The zero-order valence-corrected chi connectivity index (χ0v) is 17.8. The zero-order valence-electron chi connectivity index (χ0n) is 17.0. The van der Waals surface area contributed by atoms with E-state index in [2.05, 4.69) is 57.4 Å². The van der Waals surface area contributed by atoms with Gasteiger partial charge in [-0.1, -0.05) is 12.6 Å². The topological polar surface area (TPSA) is 74.8 Å². The molecule has 1 fully saturated rings. The molecule has 156 valence electrons. The van der Waals surface area contributed by atoms with E-state index < -0.39 is 0 Å². The van der Waals surface area contributed by atoms with Crippen molar-refractivity contribution in [2.45, 2.75) is 11.8 Å². The van der Waals surface area contributed by atoms with Gasteiger partial charge in [0, 0.05) is 48.0 Å². The van der Waals surface area contributed by atoms with Gasteiger partial charge in [0.15, 0.2) is 0 Å². The summed E-state index contributed by atoms with van der Waals surface area (Å²) in [4.78, 5) is 27.8. The number of amides is 1. The van der Waals surface area contributed by atoms with Crippen molar-refractivity contribution in [3.05, 3.63) is 43.1 Å². The molecule has 2 heterocycles. The number of rotatable bonds is 7. The van der Waals surface area contributed by atoms with Crippen molar-refractivity contribution in [3.8, 4) is 5.88 Å². The van der Waals surface area contributed by atoms with Crippen LogP contribution >= 0.6 is 11.9 Å². The summed E-state index contributed by atoms with van der Waals surface area (Å²) in [5.41, 5.74) is 0. The number of carbonyl (C=O) groups is 2. The summed E-state index contributed by atoms with van der Waals surface area (Å²) < 4.78 is 8.08. The first-order chi connectivity index (χ1) is 14.1. The third-order valence-corrected chi connectivity index (χ3v) is 5.42. The highest BCUT2D eigenvalue weighted by molar-refractivity contribution is 7.97. The molecule has 1 saturated heterocycles. The first-order valence-corrected chi connectivity index (χ1v) is 10.3. The van der Waals surface area contributed by atoms with E-state index in [9.17, 15) is 9.59 Å². The number of piperazine rings is 1. The number of carbonyl (C=O) groups excluding carboxylic acids is 2. The van der Waals surface area contributed by atoms with Crippen LogP contribution in [0.1, 0.15) is 6.92 Å². The van der Waals surface area contributed by atoms with Gasteiger partial charge in [-0.15, -0.1) is 0 Å². The predicted octanol–water partition coefficient (Wildman–Crippen LogP) is 2.38. The van der Waals surface area contributed by atoms with Gasteiger partial charge in [-0.25, -0.2) is 9.29 Å². The molecular weight excluding hydrogens is 388 g/mol. The molecule has 29 heavy (non-hydrogen) atoms. The molecule has 3 rings (SSSR count). The van der Waals surface area contributed by atoms with Gasteiger partial charge >= 0.3 is 0 Å². The molecule has 0 unspecified atom stereocenters. The fourth-order valence-corrected chi connectivity index (χ4v) is 3.76. The summed E-state index contributed by atoms with van der Waals surface area (Å²) in [5.74, 6) is 0.410. The van der Waals surface area contributed by atoms with Crippen molar-refractivity contribution >= 4 is 34.9 Å². The fourth-order valence-electron chi connectivity index (χ4n) is 2.72. The average molecular weight is 417 g/mol. The number of aromatic nitrogens is 1. The zero-order chi connectivity index (χ0) is 21.1. The lowest BCUT2D eigenvalue weighted by molar-refractivity contribution is -0.118. The van der Waals surface area contributed by atoms with Crippen LogP contribution in [0.4, 0.5) is 0 Å². The van der Waals surface area contributed by atoms with Crippen LogP contribution in [0.5, 0.6) is 5.88 Å². The second-order valence-electron chi connectivity index (χ2n) is 6.34. The van der Waals surface area contributed by atoms with Crippen LogP contribution in [0.25, 0.3) is 10.8 Å². The van der Waals surface area contributed by atoms with Gasteiger partial charge in [-0.05, 0) is 50.2 Å². The van der Waals surface area contributed by atoms with E-state index in [4.69, 9.17) is 4.74 Å². The lowest BCUT2D eigenvalue weighted by Gasteiger charge is -2.31. The van der Waals surface area contributed by atoms with Crippen molar-refractivity contribution < 1.29 is 14.3 Å². The molecule has 0 bridgehead atoms. The molecule has 8 heteroatoms. The summed E-state index contributed by atoms with van der Waals surface area (Å²) in [6.07, 6.45) is 3.56. The first kappa shape index (κ1) is 22.9. The summed E-state index contributed by atoms with van der Waals surface area (Å²) in [7, 11) is 2.18. The van der Waals surface area contributed by atoms with Crippen LogP contribution in [-0.4, -0.2) is 72.8 Å². The van der Waals surface area contributed by atoms with E-state index in [1.165, 1.54) is 10.3 Å². The van der Waals surface area contributed by atoms with Crippen LogP contribution in [0.15, 0.2) is 48.0 Å². The summed E-state index contributed by atoms with van der Waals surface area (Å²) >= 11 is 1.85. The molecule has 0 atom stereocenters. The number of nitrogens with zero attached hydrogens (tertiary/aromatic N) is 3. The highest BCUT2D eigenvalue weighted by atomic mass is 32.2. The molecule has 1 aromatic carbocycles. The minimum absolute atomic E-state index is 0.0604. The molecule has 1 aromatic heterocycles. The van der Waals surface area contributed by atoms with Gasteiger partial charge < -0.3 is 19.7 Å².